The molecule has 0 atom stereocenters. The average molecular weight is 142 g/mol. The second kappa shape index (κ2) is 2.75. The van der Waals surface area contributed by atoms with Crippen LogP contribution >= 0.6 is 11.3 Å². The molecule has 0 aliphatic heterocycles. The van der Waals surface area contributed by atoms with E-state index in [1.165, 1.54) is 11.3 Å². The molecule has 1 rings (SSSR count). The molecule has 0 aliphatic carbocycles. The van der Waals surface area contributed by atoms with Gasteiger partial charge in [0.05, 0.1) is 6.61 Å². The summed E-state index contributed by atoms with van der Waals surface area (Å²) in [5.74, 6) is 0. The van der Waals surface area contributed by atoms with Gasteiger partial charge in [0, 0.05) is 15.8 Å². The minimum Gasteiger partial charge on any atom is -0.391 e. The number of aldehydes is 1. The van der Waals surface area contributed by atoms with Gasteiger partial charge in [-0.3, -0.25) is 4.79 Å². The third-order valence-electron chi connectivity index (χ3n) is 0.966. The van der Waals surface area contributed by atoms with Gasteiger partial charge in [0.25, 0.3) is 0 Å². The van der Waals surface area contributed by atoms with Crippen molar-refractivity contribution in [2.75, 3.05) is 0 Å². The third kappa shape index (κ3) is 1.37. The zero-order valence-corrected chi connectivity index (χ0v) is 5.52. The second-order valence-electron chi connectivity index (χ2n) is 1.62. The van der Waals surface area contributed by atoms with Gasteiger partial charge in [-0.25, -0.2) is 0 Å². The van der Waals surface area contributed by atoms with Gasteiger partial charge in [-0.15, -0.1) is 11.3 Å². The van der Waals surface area contributed by atoms with Crippen LogP contribution in [0.15, 0.2) is 11.4 Å². The lowest BCUT2D eigenvalue weighted by atomic mass is 10.3. The molecule has 0 bridgehead atoms. The number of carbonyl (C=O) groups excluding carboxylic acids is 1. The first-order valence-electron chi connectivity index (χ1n) is 2.50. The van der Waals surface area contributed by atoms with E-state index in [-0.39, 0.29) is 6.61 Å². The van der Waals surface area contributed by atoms with Crippen LogP contribution in [0.5, 0.6) is 0 Å². The van der Waals surface area contributed by atoms with E-state index in [9.17, 15) is 4.79 Å². The topological polar surface area (TPSA) is 37.3 Å². The van der Waals surface area contributed by atoms with E-state index in [0.717, 1.165) is 11.2 Å². The van der Waals surface area contributed by atoms with E-state index >= 15 is 0 Å². The summed E-state index contributed by atoms with van der Waals surface area (Å²) >= 11 is 1.39. The molecular weight excluding hydrogens is 136 g/mol. The Hall–Kier alpha value is -0.670. The van der Waals surface area contributed by atoms with Crippen LogP contribution in [0.2, 0.25) is 0 Å². The number of thiophene rings is 1. The van der Waals surface area contributed by atoms with Crippen molar-refractivity contribution in [1.29, 1.82) is 0 Å². The molecule has 1 N–H and O–H groups in total. The van der Waals surface area contributed by atoms with Crippen molar-refractivity contribution in [2.24, 2.45) is 0 Å². The molecule has 1 aromatic rings. The Bertz CT molecular complexity index is 205. The van der Waals surface area contributed by atoms with Gasteiger partial charge in [0.2, 0.25) is 0 Å². The molecule has 48 valence electrons. The molecule has 0 aliphatic rings. The monoisotopic (exact) mass is 142 g/mol. The average Bonchev–Trinajstić information content (AvgIpc) is 2.34. The van der Waals surface area contributed by atoms with Gasteiger partial charge >= 0.3 is 0 Å². The Kier molecular flexibility index (Phi) is 1.97. The second-order valence-corrected chi connectivity index (χ2v) is 2.62. The standard InChI is InChI=1S/C6H6O2S/c7-2-5-1-6(3-8)9-4-5/h1-2,4,8H,3H2. The molecular formula is C6H6O2S. The Balaban J connectivity index is 2.86. The van der Waals surface area contributed by atoms with Gasteiger partial charge in [-0.1, -0.05) is 0 Å². The van der Waals surface area contributed by atoms with E-state index < -0.39 is 0 Å². The van der Waals surface area contributed by atoms with Crippen LogP contribution in [0, 0.1) is 0 Å². The van der Waals surface area contributed by atoms with E-state index in [2.05, 4.69) is 0 Å². The molecule has 0 amide bonds. The summed E-state index contributed by atoms with van der Waals surface area (Å²) in [6.45, 7) is 0.0263. The zero-order valence-electron chi connectivity index (χ0n) is 4.70. The van der Waals surface area contributed by atoms with Gasteiger partial charge < -0.3 is 5.11 Å². The summed E-state index contributed by atoms with van der Waals surface area (Å²) < 4.78 is 0. The largest absolute Gasteiger partial charge is 0.391 e. The van der Waals surface area contributed by atoms with Crippen LogP contribution in [-0.2, 0) is 6.61 Å². The lowest BCUT2D eigenvalue weighted by Crippen LogP contribution is -1.73. The summed E-state index contributed by atoms with van der Waals surface area (Å²) in [5, 5.41) is 10.3. The highest BCUT2D eigenvalue weighted by Crippen LogP contribution is 2.11. The van der Waals surface area contributed by atoms with Gasteiger partial charge in [-0.05, 0) is 6.07 Å². The van der Waals surface area contributed by atoms with Crippen LogP contribution in [0.25, 0.3) is 0 Å². The fraction of sp³-hybridized carbons (Fsp3) is 0.167. The van der Waals surface area contributed by atoms with E-state index in [0.29, 0.717) is 5.56 Å². The number of rotatable bonds is 2. The maximum Gasteiger partial charge on any atom is 0.150 e. The summed E-state index contributed by atoms with van der Waals surface area (Å²) in [6, 6.07) is 1.68. The minimum absolute atomic E-state index is 0.0263. The number of carbonyl (C=O) groups is 1. The highest BCUT2D eigenvalue weighted by Gasteiger charge is 1.94. The highest BCUT2D eigenvalue weighted by molar-refractivity contribution is 7.10. The molecule has 0 fully saturated rings. The van der Waals surface area contributed by atoms with Crippen molar-refractivity contribution in [3.05, 3.63) is 21.9 Å². The minimum atomic E-state index is 0.0263. The smallest absolute Gasteiger partial charge is 0.150 e. The Morgan fingerprint density at radius 1 is 1.78 bits per heavy atom. The summed E-state index contributed by atoms with van der Waals surface area (Å²) in [6.07, 6.45) is 0.773. The molecule has 1 heterocycles. The van der Waals surface area contributed by atoms with Crippen molar-refractivity contribution in [2.45, 2.75) is 6.61 Å². The van der Waals surface area contributed by atoms with Crippen molar-refractivity contribution in [3.63, 3.8) is 0 Å². The van der Waals surface area contributed by atoms with Crippen LogP contribution in [0.3, 0.4) is 0 Å². The lowest BCUT2D eigenvalue weighted by molar-refractivity contribution is 0.112. The first kappa shape index (κ1) is 6.45. The van der Waals surface area contributed by atoms with Crippen molar-refractivity contribution >= 4 is 17.6 Å². The van der Waals surface area contributed by atoms with Gasteiger partial charge in [0.15, 0.2) is 6.29 Å². The molecule has 0 saturated heterocycles. The van der Waals surface area contributed by atoms with Crippen molar-refractivity contribution in [3.8, 4) is 0 Å². The Labute approximate surface area is 56.8 Å². The fourth-order valence-electron chi connectivity index (χ4n) is 0.542. The number of aliphatic hydroxyl groups is 1. The molecule has 0 saturated carbocycles. The predicted molar refractivity (Wildman–Crippen MR) is 35.6 cm³/mol. The molecule has 9 heavy (non-hydrogen) atoms. The number of hydrogen-bond donors (Lipinski definition) is 1. The molecule has 0 unspecified atom stereocenters. The summed E-state index contributed by atoms with van der Waals surface area (Å²) in [5.41, 5.74) is 0.643. The number of aliphatic hydroxyl groups excluding tert-OH is 1. The maximum atomic E-state index is 10.1. The quantitative estimate of drug-likeness (QED) is 0.627. The normalized spacial score (nSPS) is 9.44. The van der Waals surface area contributed by atoms with Crippen molar-refractivity contribution < 1.29 is 9.90 Å². The molecule has 1 aromatic heterocycles. The zero-order chi connectivity index (χ0) is 6.69. The van der Waals surface area contributed by atoms with E-state index in [4.69, 9.17) is 5.11 Å². The first-order chi connectivity index (χ1) is 4.36. The number of hydrogen-bond acceptors (Lipinski definition) is 3. The fourth-order valence-corrected chi connectivity index (χ4v) is 1.23. The summed E-state index contributed by atoms with van der Waals surface area (Å²) in [4.78, 5) is 10.9. The predicted octanol–water partition coefficient (Wildman–Crippen LogP) is 1.05. The van der Waals surface area contributed by atoms with Crippen molar-refractivity contribution in [1.82, 2.24) is 0 Å². The first-order valence-corrected chi connectivity index (χ1v) is 3.38. The molecule has 3 heteroatoms. The van der Waals surface area contributed by atoms with Gasteiger partial charge in [0.1, 0.15) is 0 Å². The summed E-state index contributed by atoms with van der Waals surface area (Å²) in [7, 11) is 0. The molecule has 0 radical (unpaired) electrons. The van der Waals surface area contributed by atoms with Crippen LogP contribution in [0.4, 0.5) is 0 Å². The van der Waals surface area contributed by atoms with Crippen LogP contribution in [-0.4, -0.2) is 11.4 Å². The van der Waals surface area contributed by atoms with Gasteiger partial charge in [-0.2, -0.15) is 0 Å². The Morgan fingerprint density at radius 2 is 2.56 bits per heavy atom. The van der Waals surface area contributed by atoms with Crippen LogP contribution in [0.1, 0.15) is 15.2 Å². The third-order valence-corrected chi connectivity index (χ3v) is 1.91. The van der Waals surface area contributed by atoms with E-state index in [1.54, 1.807) is 11.4 Å². The maximum absolute atomic E-state index is 10.1. The molecule has 2 nitrogen and oxygen atoms in total. The molecule has 0 aromatic carbocycles. The van der Waals surface area contributed by atoms with E-state index in [1.807, 2.05) is 0 Å². The lowest BCUT2D eigenvalue weighted by Gasteiger charge is -1.79. The SMILES string of the molecule is O=Cc1csc(CO)c1. The van der Waals surface area contributed by atoms with Crippen LogP contribution < -0.4 is 0 Å². The molecule has 0 spiro atoms. The highest BCUT2D eigenvalue weighted by atomic mass is 32.1. The Morgan fingerprint density at radius 3 is 2.89 bits per heavy atom.